The van der Waals surface area contributed by atoms with Crippen molar-refractivity contribution >= 4 is 33.3 Å². The predicted octanol–water partition coefficient (Wildman–Crippen LogP) is 5.29. The minimum atomic E-state index is 0.108. The van der Waals surface area contributed by atoms with Crippen molar-refractivity contribution < 1.29 is 0 Å². The Balaban J connectivity index is 1.60. The van der Waals surface area contributed by atoms with E-state index >= 15 is 0 Å². The lowest BCUT2D eigenvalue weighted by atomic mass is 10.2. The summed E-state index contributed by atoms with van der Waals surface area (Å²) >= 11 is 3.39. The van der Waals surface area contributed by atoms with Gasteiger partial charge in [0.2, 0.25) is 0 Å². The molecule has 28 heavy (non-hydrogen) atoms. The average Bonchev–Trinajstić information content (AvgIpc) is 3.32. The van der Waals surface area contributed by atoms with Crippen LogP contribution < -0.4 is 5.56 Å². The van der Waals surface area contributed by atoms with Crippen LogP contribution in [0.3, 0.4) is 0 Å². The highest BCUT2D eigenvalue weighted by atomic mass is 32.2. The van der Waals surface area contributed by atoms with Gasteiger partial charge in [0.1, 0.15) is 10.5 Å². The van der Waals surface area contributed by atoms with Crippen LogP contribution in [-0.4, -0.2) is 9.55 Å². The lowest BCUT2D eigenvalue weighted by Gasteiger charge is -2.13. The molecule has 0 atom stereocenters. The number of hydrogen-bond acceptors (Lipinski definition) is 4. The van der Waals surface area contributed by atoms with Crippen molar-refractivity contribution in [3.63, 3.8) is 0 Å². The van der Waals surface area contributed by atoms with Crippen molar-refractivity contribution in [3.05, 3.63) is 92.8 Å². The van der Waals surface area contributed by atoms with Gasteiger partial charge < -0.3 is 0 Å². The van der Waals surface area contributed by atoms with E-state index in [9.17, 15) is 4.79 Å². The highest BCUT2D eigenvalue weighted by molar-refractivity contribution is 7.98. The monoisotopic (exact) mass is 404 g/mol. The number of benzene rings is 2. The van der Waals surface area contributed by atoms with Crippen molar-refractivity contribution in [1.29, 1.82) is 0 Å². The van der Waals surface area contributed by atoms with Crippen LogP contribution in [0.15, 0.2) is 70.4 Å². The summed E-state index contributed by atoms with van der Waals surface area (Å²) in [6.07, 6.45) is 3.32. The third-order valence-electron chi connectivity index (χ3n) is 5.18. The molecule has 5 rings (SSSR count). The van der Waals surface area contributed by atoms with Gasteiger partial charge in [-0.1, -0.05) is 48.5 Å². The quantitative estimate of drug-likeness (QED) is 0.424. The Hall–Kier alpha value is -2.37. The summed E-state index contributed by atoms with van der Waals surface area (Å²) in [6, 6.07) is 20.5. The maximum atomic E-state index is 13.4. The van der Waals surface area contributed by atoms with Gasteiger partial charge in [0.15, 0.2) is 0 Å². The molecule has 4 aromatic rings. The third-order valence-corrected chi connectivity index (χ3v) is 7.46. The van der Waals surface area contributed by atoms with Gasteiger partial charge in [-0.3, -0.25) is 9.36 Å². The minimum Gasteiger partial charge on any atom is -0.290 e. The number of aryl methyl sites for hydroxylation is 2. The summed E-state index contributed by atoms with van der Waals surface area (Å²) in [5.41, 5.74) is 3.50. The first-order valence-electron chi connectivity index (χ1n) is 9.55. The molecule has 0 aliphatic heterocycles. The fourth-order valence-corrected chi connectivity index (χ4v) is 5.93. The van der Waals surface area contributed by atoms with Crippen LogP contribution in [0.2, 0.25) is 0 Å². The molecule has 0 saturated heterocycles. The Morgan fingerprint density at radius 1 is 1.00 bits per heavy atom. The molecule has 2 aromatic carbocycles. The summed E-state index contributed by atoms with van der Waals surface area (Å²) < 4.78 is 2.70. The molecule has 2 aromatic heterocycles. The highest BCUT2D eigenvalue weighted by Gasteiger charge is 2.23. The largest absolute Gasteiger partial charge is 0.290 e. The number of nitrogens with zero attached hydrogens (tertiary/aromatic N) is 2. The van der Waals surface area contributed by atoms with Crippen molar-refractivity contribution in [2.75, 3.05) is 0 Å². The van der Waals surface area contributed by atoms with Crippen molar-refractivity contribution in [3.8, 4) is 0 Å². The van der Waals surface area contributed by atoms with Crippen LogP contribution in [0, 0.1) is 0 Å². The van der Waals surface area contributed by atoms with Gasteiger partial charge in [0.05, 0.1) is 17.8 Å². The lowest BCUT2D eigenvalue weighted by Crippen LogP contribution is -2.25. The Bertz CT molecular complexity index is 1180. The summed E-state index contributed by atoms with van der Waals surface area (Å²) in [6.45, 7) is 0.565. The first-order valence-corrected chi connectivity index (χ1v) is 11.4. The molecule has 140 valence electrons. The van der Waals surface area contributed by atoms with Crippen LogP contribution in [0.1, 0.15) is 28.2 Å². The fourth-order valence-electron chi connectivity index (χ4n) is 3.78. The second-order valence-electron chi connectivity index (χ2n) is 7.04. The summed E-state index contributed by atoms with van der Waals surface area (Å²) in [5, 5.41) is 0. The summed E-state index contributed by atoms with van der Waals surface area (Å²) in [4.78, 5) is 21.0. The molecule has 0 N–H and O–H groups in total. The van der Waals surface area contributed by atoms with Gasteiger partial charge in [-0.2, -0.15) is 0 Å². The number of thioether (sulfide) groups is 1. The second-order valence-corrected chi connectivity index (χ2v) is 9.20. The van der Waals surface area contributed by atoms with E-state index in [1.54, 1.807) is 23.1 Å². The van der Waals surface area contributed by atoms with E-state index in [1.165, 1.54) is 21.8 Å². The van der Waals surface area contributed by atoms with Crippen LogP contribution in [0.5, 0.6) is 0 Å². The number of thiophene rings is 1. The molecule has 0 unspecified atom stereocenters. The third kappa shape index (κ3) is 3.29. The lowest BCUT2D eigenvalue weighted by molar-refractivity contribution is 0.708. The van der Waals surface area contributed by atoms with Gasteiger partial charge in [-0.25, -0.2) is 4.98 Å². The second kappa shape index (κ2) is 7.57. The van der Waals surface area contributed by atoms with E-state index in [4.69, 9.17) is 4.98 Å². The molecule has 1 aliphatic carbocycles. The molecule has 5 heteroatoms. The molecule has 0 amide bonds. The van der Waals surface area contributed by atoms with Crippen LogP contribution in [0.25, 0.3) is 10.2 Å². The molecule has 2 heterocycles. The van der Waals surface area contributed by atoms with Crippen molar-refractivity contribution in [2.24, 2.45) is 0 Å². The number of aromatic nitrogens is 2. The van der Waals surface area contributed by atoms with Gasteiger partial charge in [-0.05, 0) is 42.5 Å². The molecule has 3 nitrogen and oxygen atoms in total. The van der Waals surface area contributed by atoms with E-state index in [0.29, 0.717) is 12.3 Å². The maximum Gasteiger partial charge on any atom is 0.271 e. The summed E-state index contributed by atoms with van der Waals surface area (Å²) in [7, 11) is 0. The zero-order valence-electron chi connectivity index (χ0n) is 15.4. The normalized spacial score (nSPS) is 13.1. The number of fused-ring (bicyclic) bond motifs is 3. The highest BCUT2D eigenvalue weighted by Crippen LogP contribution is 2.35. The van der Waals surface area contributed by atoms with Crippen molar-refractivity contribution in [1.82, 2.24) is 9.55 Å². The first-order chi connectivity index (χ1) is 13.8. The number of rotatable bonds is 5. The van der Waals surface area contributed by atoms with Crippen LogP contribution in [0.4, 0.5) is 0 Å². The fraction of sp³-hybridized carbons (Fsp3) is 0.217. The molecule has 0 saturated carbocycles. The molecule has 0 radical (unpaired) electrons. The number of hydrogen-bond donors (Lipinski definition) is 0. The van der Waals surface area contributed by atoms with E-state index in [1.807, 2.05) is 41.0 Å². The first kappa shape index (κ1) is 17.7. The van der Waals surface area contributed by atoms with Gasteiger partial charge in [0.25, 0.3) is 5.56 Å². The van der Waals surface area contributed by atoms with E-state index in [-0.39, 0.29) is 5.56 Å². The van der Waals surface area contributed by atoms with Gasteiger partial charge in [0, 0.05) is 9.77 Å². The molecular weight excluding hydrogens is 384 g/mol. The minimum absolute atomic E-state index is 0.108. The standard InChI is InChI=1S/C23H20N2OS2/c26-23-22-21(18-12-7-13-19(18)28-22)24-20(15-27-17-10-5-2-6-11-17)25(23)14-16-8-3-1-4-9-16/h1-6,8-11H,7,12-15H2. The van der Waals surface area contributed by atoms with Crippen LogP contribution in [-0.2, 0) is 25.1 Å². The molecule has 0 spiro atoms. The average molecular weight is 405 g/mol. The summed E-state index contributed by atoms with van der Waals surface area (Å²) in [5.74, 6) is 1.55. The molecule has 1 aliphatic rings. The molecular formula is C23H20N2OS2. The van der Waals surface area contributed by atoms with E-state index in [2.05, 4.69) is 24.3 Å². The maximum absolute atomic E-state index is 13.4. The van der Waals surface area contributed by atoms with Gasteiger partial charge >= 0.3 is 0 Å². The zero-order valence-corrected chi connectivity index (χ0v) is 17.1. The molecule has 0 fully saturated rings. The van der Waals surface area contributed by atoms with E-state index in [0.717, 1.165) is 34.4 Å². The van der Waals surface area contributed by atoms with Crippen LogP contribution >= 0.6 is 23.1 Å². The van der Waals surface area contributed by atoms with E-state index < -0.39 is 0 Å². The smallest absolute Gasteiger partial charge is 0.271 e. The Morgan fingerprint density at radius 2 is 1.75 bits per heavy atom. The molecule has 0 bridgehead atoms. The van der Waals surface area contributed by atoms with Gasteiger partial charge in [-0.15, -0.1) is 23.1 Å². The SMILES string of the molecule is O=c1c2sc3c(c2nc(CSc2ccccc2)n1Cc1ccccc1)CCC3. The Kier molecular flexibility index (Phi) is 4.79. The zero-order chi connectivity index (χ0) is 18.9. The Labute approximate surface area is 172 Å². The Morgan fingerprint density at radius 3 is 2.54 bits per heavy atom. The predicted molar refractivity (Wildman–Crippen MR) is 117 cm³/mol. The van der Waals surface area contributed by atoms with Crippen molar-refractivity contribution in [2.45, 2.75) is 36.5 Å². The topological polar surface area (TPSA) is 34.9 Å².